The Labute approximate surface area is 114 Å². The zero-order valence-electron chi connectivity index (χ0n) is 11.3. The zero-order valence-corrected chi connectivity index (χ0v) is 11.3. The van der Waals surface area contributed by atoms with Crippen LogP contribution < -0.4 is 5.32 Å². The Morgan fingerprint density at radius 3 is 2.84 bits per heavy atom. The molecule has 0 aromatic heterocycles. The van der Waals surface area contributed by atoms with Crippen LogP contribution in [0.25, 0.3) is 0 Å². The fraction of sp³-hybridized carbons (Fsp3) is 0.533. The van der Waals surface area contributed by atoms with Gasteiger partial charge in [-0.2, -0.15) is 0 Å². The maximum absolute atomic E-state index is 11.3. The first kappa shape index (κ1) is 13.9. The molecule has 0 aliphatic carbocycles. The molecule has 1 aromatic rings. The average Bonchev–Trinajstić information content (AvgIpc) is 2.78. The van der Waals surface area contributed by atoms with E-state index in [0.717, 1.165) is 24.8 Å². The third-order valence-corrected chi connectivity index (χ3v) is 3.26. The van der Waals surface area contributed by atoms with Gasteiger partial charge in [0.2, 0.25) is 0 Å². The number of hydrogen-bond acceptors (Lipinski definition) is 3. The van der Waals surface area contributed by atoms with Gasteiger partial charge >= 0.3 is 6.09 Å². The second-order valence-electron chi connectivity index (χ2n) is 4.84. The number of carbonyl (C=O) groups excluding carboxylic acids is 1. The van der Waals surface area contributed by atoms with Crippen LogP contribution in [-0.4, -0.2) is 24.8 Å². The van der Waals surface area contributed by atoms with Crippen molar-refractivity contribution in [3.8, 4) is 0 Å². The molecule has 0 bridgehead atoms. The van der Waals surface area contributed by atoms with Crippen molar-refractivity contribution in [2.75, 3.05) is 6.61 Å². The van der Waals surface area contributed by atoms with Crippen LogP contribution in [0.2, 0.25) is 0 Å². The van der Waals surface area contributed by atoms with E-state index in [1.165, 1.54) is 0 Å². The van der Waals surface area contributed by atoms with Gasteiger partial charge in [-0.05, 0) is 18.4 Å². The molecule has 1 fully saturated rings. The Kier molecular flexibility index (Phi) is 5.21. The molecule has 4 heteroatoms. The van der Waals surface area contributed by atoms with E-state index in [1.54, 1.807) is 0 Å². The molecule has 1 amide bonds. The molecule has 0 unspecified atom stereocenters. The molecule has 1 aromatic carbocycles. The zero-order chi connectivity index (χ0) is 13.5. The summed E-state index contributed by atoms with van der Waals surface area (Å²) >= 11 is 0. The summed E-state index contributed by atoms with van der Waals surface area (Å²) in [6.07, 6.45) is 2.69. The number of benzene rings is 1. The van der Waals surface area contributed by atoms with Gasteiger partial charge in [-0.3, -0.25) is 0 Å². The number of rotatable bonds is 7. The lowest BCUT2D eigenvalue weighted by Crippen LogP contribution is -2.36. The summed E-state index contributed by atoms with van der Waals surface area (Å²) in [4.78, 5) is 11.3. The first-order valence-electron chi connectivity index (χ1n) is 6.88. The first-order valence-corrected chi connectivity index (χ1v) is 6.88. The summed E-state index contributed by atoms with van der Waals surface area (Å²) in [5, 5.41) is 2.81. The molecule has 0 radical (unpaired) electrons. The van der Waals surface area contributed by atoms with Crippen molar-refractivity contribution in [3.63, 3.8) is 0 Å². The molecule has 1 N–H and O–H groups in total. The van der Waals surface area contributed by atoms with Crippen molar-refractivity contribution in [1.29, 1.82) is 0 Å². The summed E-state index contributed by atoms with van der Waals surface area (Å²) in [7, 11) is 0. The summed E-state index contributed by atoms with van der Waals surface area (Å²) in [6.45, 7) is 3.19. The average molecular weight is 263 g/mol. The predicted octanol–water partition coefficient (Wildman–Crippen LogP) is 2.87. The van der Waals surface area contributed by atoms with E-state index in [1.807, 2.05) is 30.3 Å². The van der Waals surface area contributed by atoms with Crippen molar-refractivity contribution < 1.29 is 14.3 Å². The van der Waals surface area contributed by atoms with Gasteiger partial charge in [0.1, 0.15) is 6.10 Å². The van der Waals surface area contributed by atoms with E-state index in [0.29, 0.717) is 13.2 Å². The normalized spacial score (nSPS) is 22.1. The molecule has 19 heavy (non-hydrogen) atoms. The fourth-order valence-corrected chi connectivity index (χ4v) is 2.19. The summed E-state index contributed by atoms with van der Waals surface area (Å²) < 4.78 is 10.9. The molecule has 0 saturated carbocycles. The summed E-state index contributed by atoms with van der Waals surface area (Å²) in [6, 6.07) is 9.99. The number of ether oxygens (including phenoxy) is 2. The summed E-state index contributed by atoms with van der Waals surface area (Å²) in [5.41, 5.74) is 1.14. The van der Waals surface area contributed by atoms with Crippen molar-refractivity contribution >= 4 is 6.09 Å². The first-order chi connectivity index (χ1) is 9.29. The quantitative estimate of drug-likeness (QED) is 0.823. The highest BCUT2D eigenvalue weighted by atomic mass is 16.6. The minimum atomic E-state index is -0.325. The monoisotopic (exact) mass is 263 g/mol. The van der Waals surface area contributed by atoms with E-state index in [2.05, 4.69) is 12.2 Å². The SMILES string of the molecule is CCCC[C@@H]1OC(=O)N[C@H]1COCc1ccccc1. The topological polar surface area (TPSA) is 47.6 Å². The van der Waals surface area contributed by atoms with E-state index in [9.17, 15) is 4.79 Å². The van der Waals surface area contributed by atoms with Crippen LogP contribution in [0.5, 0.6) is 0 Å². The number of amides is 1. The maximum atomic E-state index is 11.3. The van der Waals surface area contributed by atoms with Crippen LogP contribution >= 0.6 is 0 Å². The largest absolute Gasteiger partial charge is 0.444 e. The molecular weight excluding hydrogens is 242 g/mol. The minimum absolute atomic E-state index is 0.0252. The van der Waals surface area contributed by atoms with Crippen LogP contribution in [-0.2, 0) is 16.1 Å². The molecule has 0 spiro atoms. The van der Waals surface area contributed by atoms with Gasteiger partial charge in [0.25, 0.3) is 0 Å². The molecule has 2 atom stereocenters. The van der Waals surface area contributed by atoms with Crippen LogP contribution in [0, 0.1) is 0 Å². The van der Waals surface area contributed by atoms with Crippen molar-refractivity contribution in [3.05, 3.63) is 35.9 Å². The van der Waals surface area contributed by atoms with Gasteiger partial charge < -0.3 is 14.8 Å². The lowest BCUT2D eigenvalue weighted by molar-refractivity contribution is 0.0679. The molecule has 104 valence electrons. The fourth-order valence-electron chi connectivity index (χ4n) is 2.19. The van der Waals surface area contributed by atoms with Gasteiger partial charge in [-0.25, -0.2) is 4.79 Å². The van der Waals surface area contributed by atoms with Crippen molar-refractivity contribution in [2.45, 2.75) is 44.9 Å². The second-order valence-corrected chi connectivity index (χ2v) is 4.84. The van der Waals surface area contributed by atoms with Gasteiger partial charge in [0, 0.05) is 0 Å². The Morgan fingerprint density at radius 1 is 1.32 bits per heavy atom. The van der Waals surface area contributed by atoms with Crippen LogP contribution in [0.1, 0.15) is 31.7 Å². The third-order valence-electron chi connectivity index (χ3n) is 3.26. The highest BCUT2D eigenvalue weighted by Crippen LogP contribution is 2.16. The molecule has 4 nitrogen and oxygen atoms in total. The van der Waals surface area contributed by atoms with E-state index < -0.39 is 0 Å². The molecule has 1 aliphatic rings. The van der Waals surface area contributed by atoms with E-state index in [-0.39, 0.29) is 18.2 Å². The third kappa shape index (κ3) is 4.24. The minimum Gasteiger partial charge on any atom is -0.444 e. The van der Waals surface area contributed by atoms with Crippen molar-refractivity contribution in [2.24, 2.45) is 0 Å². The standard InChI is InChI=1S/C15H21NO3/c1-2-3-9-14-13(16-15(17)19-14)11-18-10-12-7-5-4-6-8-12/h4-8,13-14H,2-3,9-11H2,1H3,(H,16,17)/t13-,14-/m0/s1. The number of nitrogens with one attached hydrogen (secondary N) is 1. The maximum Gasteiger partial charge on any atom is 0.407 e. The van der Waals surface area contributed by atoms with Crippen LogP contribution in [0.3, 0.4) is 0 Å². The second kappa shape index (κ2) is 7.14. The van der Waals surface area contributed by atoms with E-state index >= 15 is 0 Å². The highest BCUT2D eigenvalue weighted by Gasteiger charge is 2.33. The molecular formula is C15H21NO3. The highest BCUT2D eigenvalue weighted by molar-refractivity contribution is 5.70. The molecule has 1 aliphatic heterocycles. The number of carbonyl (C=O) groups is 1. The van der Waals surface area contributed by atoms with Gasteiger partial charge in [-0.1, -0.05) is 43.7 Å². The lowest BCUT2D eigenvalue weighted by atomic mass is 10.1. The van der Waals surface area contributed by atoms with Gasteiger partial charge in [0.05, 0.1) is 19.3 Å². The van der Waals surface area contributed by atoms with Crippen LogP contribution in [0.15, 0.2) is 30.3 Å². The Balaban J connectivity index is 1.76. The molecule has 1 heterocycles. The van der Waals surface area contributed by atoms with Crippen LogP contribution in [0.4, 0.5) is 4.79 Å². The van der Waals surface area contributed by atoms with Crippen molar-refractivity contribution in [1.82, 2.24) is 5.32 Å². The summed E-state index contributed by atoms with van der Waals surface area (Å²) in [5.74, 6) is 0. The number of unbranched alkanes of at least 4 members (excludes halogenated alkanes) is 1. The lowest BCUT2D eigenvalue weighted by Gasteiger charge is -2.16. The number of alkyl carbamates (subject to hydrolysis) is 1. The Bertz CT molecular complexity index is 394. The predicted molar refractivity (Wildman–Crippen MR) is 72.8 cm³/mol. The number of cyclic esters (lactones) is 1. The molecule has 1 saturated heterocycles. The number of hydrogen-bond donors (Lipinski definition) is 1. The smallest absolute Gasteiger partial charge is 0.407 e. The Morgan fingerprint density at radius 2 is 2.11 bits per heavy atom. The van der Waals surface area contributed by atoms with Gasteiger partial charge in [-0.15, -0.1) is 0 Å². The Hall–Kier alpha value is -1.55. The van der Waals surface area contributed by atoms with Gasteiger partial charge in [0.15, 0.2) is 0 Å². The molecule has 2 rings (SSSR count). The van der Waals surface area contributed by atoms with E-state index in [4.69, 9.17) is 9.47 Å².